The summed E-state index contributed by atoms with van der Waals surface area (Å²) >= 11 is 0. The van der Waals surface area contributed by atoms with Crippen LogP contribution in [0, 0.1) is 0 Å². The van der Waals surface area contributed by atoms with Gasteiger partial charge in [0.25, 0.3) is 0 Å². The summed E-state index contributed by atoms with van der Waals surface area (Å²) in [5.74, 6) is 1.67. The molecule has 0 amide bonds. The summed E-state index contributed by atoms with van der Waals surface area (Å²) in [6.45, 7) is 0. The van der Waals surface area contributed by atoms with E-state index >= 15 is 0 Å². The number of fused-ring (bicyclic) bond motifs is 5. The average Bonchev–Trinajstić information content (AvgIpc) is 3.55. The Kier molecular flexibility index (Phi) is 7.25. The third kappa shape index (κ3) is 5.24. The van der Waals surface area contributed by atoms with Crippen LogP contribution in [0.1, 0.15) is 0 Å². The van der Waals surface area contributed by atoms with Crippen LogP contribution in [0.25, 0.3) is 60.9 Å². The first-order valence-corrected chi connectivity index (χ1v) is 17.7. The van der Waals surface area contributed by atoms with Crippen molar-refractivity contribution in [2.75, 3.05) is 5.32 Å². The van der Waals surface area contributed by atoms with Crippen molar-refractivity contribution in [3.63, 3.8) is 0 Å². The first-order chi connectivity index (χ1) is 25.8. The highest BCUT2D eigenvalue weighted by Crippen LogP contribution is 2.39. The number of nitrogens with one attached hydrogen (secondary N) is 1. The van der Waals surface area contributed by atoms with Gasteiger partial charge in [-0.3, -0.25) is 0 Å². The zero-order valence-corrected chi connectivity index (χ0v) is 28.3. The van der Waals surface area contributed by atoms with Gasteiger partial charge in [0.1, 0.15) is 11.5 Å². The maximum Gasteiger partial charge on any atom is 0.202 e. The lowest BCUT2D eigenvalue weighted by Gasteiger charge is -2.25. The molecule has 0 spiro atoms. The minimum Gasteiger partial charge on any atom is -0.458 e. The molecule has 0 saturated heterocycles. The number of hydrogen-bond acceptors (Lipinski definition) is 2. The van der Waals surface area contributed by atoms with Crippen LogP contribution in [0.4, 0.5) is 11.4 Å². The van der Waals surface area contributed by atoms with E-state index in [9.17, 15) is 0 Å². The standard InChI is InChI=1S/C48H32BN2O/c1-3-14-32(15-4-1)33-16-13-17-34(28-33)35-29-41(38-20-7-10-23-43(38)50-36-18-5-2-6-19-36)48-47(30-35)52-46-31-37(26-27-42(46)49-48)51-44-24-11-8-21-39(44)40-22-9-12-25-45(40)51/h1-31,50H. The molecule has 1 aliphatic heterocycles. The molecular weight excluding hydrogens is 631 g/mol. The summed E-state index contributed by atoms with van der Waals surface area (Å²) in [5, 5.41) is 6.16. The van der Waals surface area contributed by atoms with Gasteiger partial charge in [0, 0.05) is 39.5 Å². The Labute approximate surface area is 303 Å². The third-order valence-corrected chi connectivity index (χ3v) is 10.1. The molecular formula is C48H32BN2O. The van der Waals surface area contributed by atoms with E-state index in [1.165, 1.54) is 32.9 Å². The molecule has 9 aromatic rings. The molecule has 1 N–H and O–H groups in total. The van der Waals surface area contributed by atoms with E-state index < -0.39 is 0 Å². The molecule has 0 unspecified atom stereocenters. The Morgan fingerprint density at radius 2 is 1.08 bits per heavy atom. The summed E-state index contributed by atoms with van der Waals surface area (Å²) in [4.78, 5) is 0. The largest absolute Gasteiger partial charge is 0.458 e. The minimum absolute atomic E-state index is 0.832. The zero-order chi connectivity index (χ0) is 34.4. The van der Waals surface area contributed by atoms with Crippen LogP contribution < -0.4 is 21.0 Å². The number of nitrogens with zero attached hydrogens (tertiary/aromatic N) is 1. The maximum absolute atomic E-state index is 6.97. The highest BCUT2D eigenvalue weighted by molar-refractivity contribution is 6.71. The van der Waals surface area contributed by atoms with E-state index in [0.717, 1.165) is 61.7 Å². The molecule has 1 aliphatic rings. The van der Waals surface area contributed by atoms with Gasteiger partial charge in [-0.1, -0.05) is 127 Å². The Morgan fingerprint density at radius 3 is 1.85 bits per heavy atom. The van der Waals surface area contributed by atoms with Crippen molar-refractivity contribution in [2.45, 2.75) is 0 Å². The average molecular weight is 664 g/mol. The fraction of sp³-hybridized carbons (Fsp3) is 0. The molecule has 0 bridgehead atoms. The number of anilines is 2. The second-order valence-corrected chi connectivity index (χ2v) is 13.3. The second-order valence-electron chi connectivity index (χ2n) is 13.3. The molecule has 1 radical (unpaired) electrons. The smallest absolute Gasteiger partial charge is 0.202 e. The van der Waals surface area contributed by atoms with Crippen LogP contribution in [-0.2, 0) is 0 Å². The van der Waals surface area contributed by atoms with Gasteiger partial charge in [-0.2, -0.15) is 0 Å². The Balaban J connectivity index is 1.13. The lowest BCUT2D eigenvalue weighted by molar-refractivity contribution is 0.488. The molecule has 4 heteroatoms. The van der Waals surface area contributed by atoms with Crippen LogP contribution in [0.2, 0.25) is 0 Å². The highest BCUT2D eigenvalue weighted by atomic mass is 16.5. The van der Waals surface area contributed by atoms with Crippen molar-refractivity contribution < 1.29 is 4.74 Å². The molecule has 0 fully saturated rings. The van der Waals surface area contributed by atoms with Crippen molar-refractivity contribution in [3.8, 4) is 50.6 Å². The van der Waals surface area contributed by atoms with E-state index in [1.807, 2.05) is 6.07 Å². The lowest BCUT2D eigenvalue weighted by Crippen LogP contribution is -2.35. The van der Waals surface area contributed by atoms with Crippen molar-refractivity contribution >= 4 is 51.4 Å². The summed E-state index contributed by atoms with van der Waals surface area (Å²) in [5.41, 5.74) is 14.4. The van der Waals surface area contributed by atoms with Crippen LogP contribution in [-0.4, -0.2) is 11.8 Å². The SMILES string of the molecule is [B]1c2ccc(-n3c4ccccc4c4ccccc43)cc2Oc2cc(-c3cccc(-c4ccccc4)c3)cc(-c3ccccc3Nc3ccccc3)c21. The number of benzene rings is 8. The normalized spacial score (nSPS) is 11.8. The van der Waals surface area contributed by atoms with Crippen molar-refractivity contribution in [2.24, 2.45) is 0 Å². The Bertz CT molecular complexity index is 2720. The number of para-hydroxylation sites is 4. The van der Waals surface area contributed by atoms with E-state index in [4.69, 9.17) is 4.74 Å². The van der Waals surface area contributed by atoms with Gasteiger partial charge < -0.3 is 14.6 Å². The first kappa shape index (κ1) is 30.1. The number of aromatic nitrogens is 1. The van der Waals surface area contributed by atoms with E-state index in [1.54, 1.807) is 0 Å². The van der Waals surface area contributed by atoms with Gasteiger partial charge in [0.2, 0.25) is 7.28 Å². The predicted octanol–water partition coefficient (Wildman–Crippen LogP) is 11.3. The van der Waals surface area contributed by atoms with Crippen LogP contribution in [0.15, 0.2) is 188 Å². The van der Waals surface area contributed by atoms with Gasteiger partial charge in [0.05, 0.1) is 11.0 Å². The van der Waals surface area contributed by atoms with Crippen LogP contribution in [0.3, 0.4) is 0 Å². The second kappa shape index (κ2) is 12.5. The van der Waals surface area contributed by atoms with Crippen molar-refractivity contribution in [3.05, 3.63) is 188 Å². The maximum atomic E-state index is 6.97. The summed E-state index contributed by atoms with van der Waals surface area (Å²) in [6, 6.07) is 66.5. The van der Waals surface area contributed by atoms with Gasteiger partial charge in [0.15, 0.2) is 0 Å². The number of ether oxygens (including phenoxy) is 1. The molecule has 3 nitrogen and oxygen atoms in total. The van der Waals surface area contributed by atoms with Gasteiger partial charge in [-0.05, 0) is 93.3 Å². The molecule has 243 valence electrons. The quantitative estimate of drug-likeness (QED) is 0.179. The van der Waals surface area contributed by atoms with E-state index in [2.05, 4.69) is 199 Å². The van der Waals surface area contributed by atoms with Gasteiger partial charge >= 0.3 is 0 Å². The summed E-state index contributed by atoms with van der Waals surface area (Å²) in [6.07, 6.45) is 0. The Hall–Kier alpha value is -6.78. The van der Waals surface area contributed by atoms with E-state index in [-0.39, 0.29) is 0 Å². The molecule has 0 aliphatic carbocycles. The summed E-state index contributed by atoms with van der Waals surface area (Å²) < 4.78 is 9.31. The van der Waals surface area contributed by atoms with Crippen molar-refractivity contribution in [1.29, 1.82) is 0 Å². The first-order valence-electron chi connectivity index (χ1n) is 17.7. The van der Waals surface area contributed by atoms with Crippen LogP contribution >= 0.6 is 0 Å². The third-order valence-electron chi connectivity index (χ3n) is 10.1. The topological polar surface area (TPSA) is 26.2 Å². The molecule has 2 heterocycles. The van der Waals surface area contributed by atoms with Crippen molar-refractivity contribution in [1.82, 2.24) is 4.57 Å². The Morgan fingerprint density at radius 1 is 0.442 bits per heavy atom. The number of rotatable bonds is 6. The fourth-order valence-electron chi connectivity index (χ4n) is 7.61. The molecule has 10 rings (SSSR count). The summed E-state index contributed by atoms with van der Waals surface area (Å²) in [7, 11) is 2.28. The molecule has 0 saturated carbocycles. The van der Waals surface area contributed by atoms with E-state index in [0.29, 0.717) is 0 Å². The zero-order valence-electron chi connectivity index (χ0n) is 28.3. The highest BCUT2D eigenvalue weighted by Gasteiger charge is 2.25. The molecule has 0 atom stereocenters. The fourth-order valence-corrected chi connectivity index (χ4v) is 7.61. The lowest BCUT2D eigenvalue weighted by atomic mass is 9.59. The molecule has 1 aromatic heterocycles. The predicted molar refractivity (Wildman–Crippen MR) is 218 cm³/mol. The van der Waals surface area contributed by atoms with Crippen LogP contribution in [0.5, 0.6) is 11.5 Å². The van der Waals surface area contributed by atoms with Gasteiger partial charge in [-0.25, -0.2) is 0 Å². The van der Waals surface area contributed by atoms with Gasteiger partial charge in [-0.15, -0.1) is 0 Å². The monoisotopic (exact) mass is 663 g/mol. The molecule has 8 aromatic carbocycles. The molecule has 52 heavy (non-hydrogen) atoms. The minimum atomic E-state index is 0.832. The number of hydrogen-bond donors (Lipinski definition) is 1.